The Hall–Kier alpha value is -2.04. The number of anilines is 1. The standard InChI is InChI=1S/C13H17NO4/c1-8-5-6-11(7-12(8)18-4)14(10(3)15)9(2)13(16)17/h5-7,9H,1-4H3,(H,16,17)/t9-/m1/s1. The zero-order chi connectivity index (χ0) is 13.9. The maximum absolute atomic E-state index is 11.6. The van der Waals surface area contributed by atoms with Crippen molar-refractivity contribution in [2.45, 2.75) is 26.8 Å². The Bertz CT molecular complexity index is 470. The van der Waals surface area contributed by atoms with Crippen LogP contribution in [-0.4, -0.2) is 30.1 Å². The smallest absolute Gasteiger partial charge is 0.326 e. The van der Waals surface area contributed by atoms with Crippen molar-refractivity contribution in [3.8, 4) is 5.75 Å². The van der Waals surface area contributed by atoms with Gasteiger partial charge in [-0.25, -0.2) is 4.79 Å². The molecule has 0 aliphatic heterocycles. The molecule has 1 atom stereocenters. The molecular weight excluding hydrogens is 234 g/mol. The first kappa shape index (κ1) is 14.0. The van der Waals surface area contributed by atoms with Gasteiger partial charge in [-0.2, -0.15) is 0 Å². The second kappa shape index (κ2) is 5.53. The normalized spacial score (nSPS) is 11.8. The molecule has 0 aromatic heterocycles. The molecule has 0 saturated carbocycles. The Morgan fingerprint density at radius 2 is 2.00 bits per heavy atom. The third kappa shape index (κ3) is 2.80. The largest absolute Gasteiger partial charge is 0.496 e. The zero-order valence-corrected chi connectivity index (χ0v) is 10.9. The molecule has 5 nitrogen and oxygen atoms in total. The van der Waals surface area contributed by atoms with Gasteiger partial charge in [0.05, 0.1) is 7.11 Å². The van der Waals surface area contributed by atoms with Gasteiger partial charge >= 0.3 is 5.97 Å². The molecule has 0 spiro atoms. The van der Waals surface area contributed by atoms with Crippen LogP contribution in [0.3, 0.4) is 0 Å². The van der Waals surface area contributed by atoms with Gasteiger partial charge in [0.15, 0.2) is 0 Å². The molecule has 1 amide bonds. The fourth-order valence-electron chi connectivity index (χ4n) is 1.75. The molecular formula is C13H17NO4. The van der Waals surface area contributed by atoms with E-state index in [-0.39, 0.29) is 5.91 Å². The summed E-state index contributed by atoms with van der Waals surface area (Å²) in [4.78, 5) is 23.8. The molecule has 18 heavy (non-hydrogen) atoms. The lowest BCUT2D eigenvalue weighted by atomic mass is 10.1. The van der Waals surface area contributed by atoms with Gasteiger partial charge in [0.1, 0.15) is 11.8 Å². The van der Waals surface area contributed by atoms with E-state index in [0.29, 0.717) is 11.4 Å². The monoisotopic (exact) mass is 251 g/mol. The quantitative estimate of drug-likeness (QED) is 0.886. The first-order chi connectivity index (χ1) is 8.38. The van der Waals surface area contributed by atoms with Crippen LogP contribution in [0.5, 0.6) is 5.75 Å². The van der Waals surface area contributed by atoms with Gasteiger partial charge in [-0.15, -0.1) is 0 Å². The number of hydrogen-bond donors (Lipinski definition) is 1. The number of carboxylic acid groups (broad SMARTS) is 1. The van der Waals surface area contributed by atoms with Crippen LogP contribution >= 0.6 is 0 Å². The summed E-state index contributed by atoms with van der Waals surface area (Å²) in [6.45, 7) is 4.68. The number of rotatable bonds is 4. The zero-order valence-electron chi connectivity index (χ0n) is 10.9. The van der Waals surface area contributed by atoms with Crippen molar-refractivity contribution in [1.82, 2.24) is 0 Å². The van der Waals surface area contributed by atoms with Gasteiger partial charge in [-0.05, 0) is 25.5 Å². The van der Waals surface area contributed by atoms with Crippen LogP contribution < -0.4 is 9.64 Å². The number of ether oxygens (including phenoxy) is 1. The molecule has 1 aromatic rings. The number of aliphatic carboxylic acids is 1. The molecule has 1 N–H and O–H groups in total. The average Bonchev–Trinajstić information content (AvgIpc) is 2.30. The summed E-state index contributed by atoms with van der Waals surface area (Å²) >= 11 is 0. The topological polar surface area (TPSA) is 66.8 Å². The highest BCUT2D eigenvalue weighted by Gasteiger charge is 2.25. The minimum absolute atomic E-state index is 0.323. The van der Waals surface area contributed by atoms with Crippen molar-refractivity contribution in [1.29, 1.82) is 0 Å². The van der Waals surface area contributed by atoms with Gasteiger partial charge in [0.2, 0.25) is 5.91 Å². The highest BCUT2D eigenvalue weighted by molar-refractivity contribution is 5.97. The summed E-state index contributed by atoms with van der Waals surface area (Å²) in [6, 6.07) is 4.24. The third-order valence-electron chi connectivity index (χ3n) is 2.75. The highest BCUT2D eigenvalue weighted by atomic mass is 16.5. The van der Waals surface area contributed by atoms with E-state index in [1.165, 1.54) is 25.9 Å². The molecule has 0 heterocycles. The summed E-state index contributed by atoms with van der Waals surface area (Å²) in [5, 5.41) is 9.02. The average molecular weight is 251 g/mol. The Labute approximate surface area is 106 Å². The van der Waals surface area contributed by atoms with Crippen molar-refractivity contribution in [2.24, 2.45) is 0 Å². The lowest BCUT2D eigenvalue weighted by molar-refractivity contribution is -0.139. The fraction of sp³-hybridized carbons (Fsp3) is 0.385. The van der Waals surface area contributed by atoms with E-state index in [2.05, 4.69) is 0 Å². The Kier molecular flexibility index (Phi) is 4.31. The molecule has 0 radical (unpaired) electrons. The van der Waals surface area contributed by atoms with Crippen LogP contribution in [0.1, 0.15) is 19.4 Å². The van der Waals surface area contributed by atoms with E-state index in [1.807, 2.05) is 6.92 Å². The van der Waals surface area contributed by atoms with Gasteiger partial charge in [0.25, 0.3) is 0 Å². The number of nitrogens with zero attached hydrogens (tertiary/aromatic N) is 1. The minimum atomic E-state index is -1.05. The van der Waals surface area contributed by atoms with Gasteiger partial charge in [0, 0.05) is 18.7 Å². The highest BCUT2D eigenvalue weighted by Crippen LogP contribution is 2.26. The van der Waals surface area contributed by atoms with Crippen molar-refractivity contribution < 1.29 is 19.4 Å². The van der Waals surface area contributed by atoms with Crippen LogP contribution in [0.25, 0.3) is 0 Å². The Morgan fingerprint density at radius 1 is 1.39 bits per heavy atom. The van der Waals surface area contributed by atoms with Gasteiger partial charge in [-0.3, -0.25) is 9.69 Å². The van der Waals surface area contributed by atoms with E-state index in [1.54, 1.807) is 18.2 Å². The molecule has 0 aliphatic carbocycles. The summed E-state index contributed by atoms with van der Waals surface area (Å²) in [5.41, 5.74) is 1.44. The molecule has 5 heteroatoms. The molecule has 1 aromatic carbocycles. The Morgan fingerprint density at radius 3 is 2.44 bits per heavy atom. The molecule has 0 unspecified atom stereocenters. The lowest BCUT2D eigenvalue weighted by Crippen LogP contribution is -2.42. The summed E-state index contributed by atoms with van der Waals surface area (Å²) in [6.07, 6.45) is 0. The number of aryl methyl sites for hydroxylation is 1. The van der Waals surface area contributed by atoms with Crippen molar-refractivity contribution in [3.05, 3.63) is 23.8 Å². The molecule has 0 bridgehead atoms. The summed E-state index contributed by atoms with van der Waals surface area (Å²) in [7, 11) is 1.53. The van der Waals surface area contributed by atoms with E-state index in [9.17, 15) is 9.59 Å². The molecule has 0 aliphatic rings. The maximum atomic E-state index is 11.6. The van der Waals surface area contributed by atoms with Gasteiger partial charge in [-0.1, -0.05) is 6.07 Å². The van der Waals surface area contributed by atoms with Crippen LogP contribution in [0, 0.1) is 6.92 Å². The van der Waals surface area contributed by atoms with E-state index >= 15 is 0 Å². The maximum Gasteiger partial charge on any atom is 0.326 e. The third-order valence-corrected chi connectivity index (χ3v) is 2.75. The second-order valence-electron chi connectivity index (χ2n) is 4.06. The molecule has 0 fully saturated rings. The minimum Gasteiger partial charge on any atom is -0.496 e. The van der Waals surface area contributed by atoms with Crippen LogP contribution in [0.2, 0.25) is 0 Å². The van der Waals surface area contributed by atoms with Crippen molar-refractivity contribution >= 4 is 17.6 Å². The second-order valence-corrected chi connectivity index (χ2v) is 4.06. The number of methoxy groups -OCH3 is 1. The fourth-order valence-corrected chi connectivity index (χ4v) is 1.75. The van der Waals surface area contributed by atoms with E-state index in [4.69, 9.17) is 9.84 Å². The number of carboxylic acids is 1. The van der Waals surface area contributed by atoms with Crippen molar-refractivity contribution in [2.75, 3.05) is 12.0 Å². The van der Waals surface area contributed by atoms with E-state index in [0.717, 1.165) is 5.56 Å². The van der Waals surface area contributed by atoms with E-state index < -0.39 is 12.0 Å². The summed E-state index contributed by atoms with van der Waals surface area (Å²) in [5.74, 6) is -0.753. The van der Waals surface area contributed by atoms with Crippen LogP contribution in [0.4, 0.5) is 5.69 Å². The first-order valence-electron chi connectivity index (χ1n) is 5.55. The van der Waals surface area contributed by atoms with Crippen LogP contribution in [0.15, 0.2) is 18.2 Å². The van der Waals surface area contributed by atoms with Gasteiger partial charge < -0.3 is 9.84 Å². The first-order valence-corrected chi connectivity index (χ1v) is 5.55. The number of benzene rings is 1. The molecule has 0 saturated heterocycles. The number of hydrogen-bond acceptors (Lipinski definition) is 3. The lowest BCUT2D eigenvalue weighted by Gasteiger charge is -2.25. The SMILES string of the molecule is COc1cc(N(C(C)=O)[C@H](C)C(=O)O)ccc1C. The summed E-state index contributed by atoms with van der Waals surface area (Å²) < 4.78 is 5.17. The number of amides is 1. The Balaban J connectivity index is 3.22. The predicted octanol–water partition coefficient (Wildman–Crippen LogP) is 1.83. The number of carbonyl (C=O) groups is 2. The molecule has 1 rings (SSSR count). The number of carbonyl (C=O) groups excluding carboxylic acids is 1. The van der Waals surface area contributed by atoms with Crippen molar-refractivity contribution in [3.63, 3.8) is 0 Å². The van der Waals surface area contributed by atoms with Crippen LogP contribution in [-0.2, 0) is 9.59 Å². The molecule has 98 valence electrons. The predicted molar refractivity (Wildman–Crippen MR) is 68.0 cm³/mol.